The van der Waals surface area contributed by atoms with Gasteiger partial charge >= 0.3 is 0 Å². The fourth-order valence-corrected chi connectivity index (χ4v) is 1.63. The molecule has 1 aromatic carbocycles. The molecule has 0 saturated heterocycles. The molecule has 2 N–H and O–H groups in total. The average molecular weight is 287 g/mol. The molecule has 2 rings (SSSR count). The van der Waals surface area contributed by atoms with Gasteiger partial charge in [0.2, 0.25) is 5.84 Å². The summed E-state index contributed by atoms with van der Waals surface area (Å²) in [6, 6.07) is 9.06. The third kappa shape index (κ3) is 3.92. The lowest BCUT2D eigenvalue weighted by atomic mass is 10.2. The minimum atomic E-state index is -0.288. The zero-order valence-electron chi connectivity index (χ0n) is 12.6. The zero-order chi connectivity index (χ0) is 15.4. The second kappa shape index (κ2) is 6.21. The van der Waals surface area contributed by atoms with Crippen molar-refractivity contribution in [2.45, 2.75) is 13.8 Å². The van der Waals surface area contributed by atoms with Crippen LogP contribution < -0.4 is 10.6 Å². The Morgan fingerprint density at radius 3 is 2.19 bits per heavy atom. The molecule has 1 heterocycles. The van der Waals surface area contributed by atoms with E-state index in [2.05, 4.69) is 15.8 Å². The van der Waals surface area contributed by atoms with E-state index < -0.39 is 0 Å². The van der Waals surface area contributed by atoms with E-state index in [1.807, 2.05) is 49.9 Å². The van der Waals surface area contributed by atoms with Gasteiger partial charge in [-0.25, -0.2) is 5.32 Å². The number of hydrogen-bond donors (Lipinski definition) is 2. The Hall–Kier alpha value is -2.63. The maximum Gasteiger partial charge on any atom is 0.277 e. The van der Waals surface area contributed by atoms with Crippen LogP contribution in [0.1, 0.15) is 23.2 Å². The Morgan fingerprint density at radius 2 is 1.71 bits per heavy atom. The van der Waals surface area contributed by atoms with Crippen LogP contribution in [0.15, 0.2) is 34.9 Å². The molecule has 0 aliphatic carbocycles. The Morgan fingerprint density at radius 1 is 1.14 bits per heavy atom. The van der Waals surface area contributed by atoms with Gasteiger partial charge in [0.1, 0.15) is 11.4 Å². The number of nitrogens with zero attached hydrogens (tertiary/aromatic N) is 2. The minimum Gasteiger partial charge on any atom is -0.361 e. The van der Waals surface area contributed by atoms with Crippen LogP contribution in [0.5, 0.6) is 0 Å². The first kappa shape index (κ1) is 14.8. The van der Waals surface area contributed by atoms with Crippen molar-refractivity contribution in [1.29, 1.82) is 0 Å². The number of anilines is 2. The molecule has 6 nitrogen and oxygen atoms in total. The van der Waals surface area contributed by atoms with Gasteiger partial charge in [0.15, 0.2) is 5.69 Å². The van der Waals surface area contributed by atoms with E-state index >= 15 is 0 Å². The molecule has 6 heteroatoms. The minimum absolute atomic E-state index is 0.270. The van der Waals surface area contributed by atoms with Crippen molar-refractivity contribution >= 4 is 23.1 Å². The van der Waals surface area contributed by atoms with E-state index in [0.717, 1.165) is 11.5 Å². The summed E-state index contributed by atoms with van der Waals surface area (Å²) in [6.45, 7) is 3.73. The first-order valence-electron chi connectivity index (χ1n) is 6.58. The van der Waals surface area contributed by atoms with Crippen molar-refractivity contribution in [3.63, 3.8) is 0 Å². The number of carbonyl (C=O) groups is 1. The van der Waals surface area contributed by atoms with E-state index in [1.54, 1.807) is 13.0 Å². The molecule has 21 heavy (non-hydrogen) atoms. The van der Waals surface area contributed by atoms with Crippen molar-refractivity contribution in [3.8, 4) is 0 Å². The molecule has 0 bridgehead atoms. The fourth-order valence-electron chi connectivity index (χ4n) is 1.63. The third-order valence-corrected chi connectivity index (χ3v) is 3.00. The van der Waals surface area contributed by atoms with Gasteiger partial charge < -0.3 is 9.84 Å². The molecule has 0 spiro atoms. The van der Waals surface area contributed by atoms with E-state index in [-0.39, 0.29) is 11.6 Å². The summed E-state index contributed by atoms with van der Waals surface area (Å²) < 4.78 is 6.87. The van der Waals surface area contributed by atoms with Gasteiger partial charge in [0.25, 0.3) is 5.91 Å². The maximum atomic E-state index is 11.9. The van der Waals surface area contributed by atoms with Gasteiger partial charge in [-0.2, -0.15) is 0 Å². The topological polar surface area (TPSA) is 70.2 Å². The number of benzene rings is 1. The SMILES string of the molecule is CC(Nc1ccc(NC(=O)c2cc(C)on2)cc1)=[N+](C)C. The van der Waals surface area contributed by atoms with Gasteiger partial charge in [0, 0.05) is 18.7 Å². The molecule has 2 aromatic rings. The van der Waals surface area contributed by atoms with E-state index in [0.29, 0.717) is 11.4 Å². The molecule has 1 aromatic heterocycles. The highest BCUT2D eigenvalue weighted by Gasteiger charge is 2.11. The standard InChI is InChI=1S/C15H18N4O2/c1-10-9-14(18-21-10)15(20)17-13-7-5-12(6-8-13)16-11(2)19(3)4/h5-9H,1-4H3,(H,17,20)/p+1. The van der Waals surface area contributed by atoms with Crippen LogP contribution in [0, 0.1) is 6.92 Å². The lowest BCUT2D eigenvalue weighted by Crippen LogP contribution is -2.18. The van der Waals surface area contributed by atoms with Crippen LogP contribution >= 0.6 is 0 Å². The highest BCUT2D eigenvalue weighted by Crippen LogP contribution is 2.14. The molecular weight excluding hydrogens is 268 g/mol. The van der Waals surface area contributed by atoms with E-state index in [4.69, 9.17) is 4.52 Å². The number of hydrogen-bond acceptors (Lipinski definition) is 3. The van der Waals surface area contributed by atoms with Crippen LogP contribution in [-0.4, -0.2) is 35.6 Å². The molecule has 0 radical (unpaired) electrons. The number of nitrogens with one attached hydrogen (secondary N) is 2. The highest BCUT2D eigenvalue weighted by atomic mass is 16.5. The average Bonchev–Trinajstić information content (AvgIpc) is 2.87. The van der Waals surface area contributed by atoms with Gasteiger partial charge in [-0.15, -0.1) is 0 Å². The molecule has 1 amide bonds. The third-order valence-electron chi connectivity index (χ3n) is 3.00. The second-order valence-electron chi connectivity index (χ2n) is 4.96. The molecule has 110 valence electrons. The molecule has 0 unspecified atom stereocenters. The summed E-state index contributed by atoms with van der Waals surface area (Å²) in [5, 5.41) is 9.71. The van der Waals surface area contributed by atoms with Crippen LogP contribution in [0.2, 0.25) is 0 Å². The second-order valence-corrected chi connectivity index (χ2v) is 4.96. The molecule has 0 saturated carbocycles. The van der Waals surface area contributed by atoms with Crippen LogP contribution in [-0.2, 0) is 0 Å². The maximum absolute atomic E-state index is 11.9. The first-order chi connectivity index (χ1) is 9.95. The summed E-state index contributed by atoms with van der Waals surface area (Å²) in [4.78, 5) is 11.9. The number of amides is 1. The monoisotopic (exact) mass is 287 g/mol. The molecule has 0 aliphatic heterocycles. The Kier molecular flexibility index (Phi) is 4.37. The highest BCUT2D eigenvalue weighted by molar-refractivity contribution is 6.03. The number of aromatic nitrogens is 1. The van der Waals surface area contributed by atoms with Gasteiger partial charge in [-0.1, -0.05) is 5.16 Å². The predicted molar refractivity (Wildman–Crippen MR) is 82.0 cm³/mol. The van der Waals surface area contributed by atoms with Crippen molar-refractivity contribution < 1.29 is 13.9 Å². The molecule has 0 fully saturated rings. The summed E-state index contributed by atoms with van der Waals surface area (Å²) in [5.74, 6) is 1.35. The van der Waals surface area contributed by atoms with Crippen LogP contribution in [0.25, 0.3) is 0 Å². The largest absolute Gasteiger partial charge is 0.361 e. The van der Waals surface area contributed by atoms with Crippen LogP contribution in [0.3, 0.4) is 0 Å². The normalized spacial score (nSPS) is 10.1. The lowest BCUT2D eigenvalue weighted by molar-refractivity contribution is -0.464. The molecule has 0 aliphatic rings. The van der Waals surface area contributed by atoms with Crippen LogP contribution in [0.4, 0.5) is 11.4 Å². The zero-order valence-corrected chi connectivity index (χ0v) is 12.6. The smallest absolute Gasteiger partial charge is 0.277 e. The van der Waals surface area contributed by atoms with E-state index in [9.17, 15) is 4.79 Å². The number of amidine groups is 1. The number of carbonyl (C=O) groups excluding carboxylic acids is 1. The molecular formula is C15H19N4O2+. The number of aryl methyl sites for hydroxylation is 1. The summed E-state index contributed by atoms with van der Waals surface area (Å²) in [7, 11) is 3.94. The quantitative estimate of drug-likeness (QED) is 0.516. The van der Waals surface area contributed by atoms with Crippen molar-refractivity contribution in [3.05, 3.63) is 41.8 Å². The molecule has 0 atom stereocenters. The van der Waals surface area contributed by atoms with Gasteiger partial charge in [0.05, 0.1) is 14.1 Å². The Bertz CT molecular complexity index is 667. The predicted octanol–water partition coefficient (Wildman–Crippen LogP) is 2.34. The van der Waals surface area contributed by atoms with Crippen molar-refractivity contribution in [1.82, 2.24) is 5.16 Å². The summed E-state index contributed by atoms with van der Waals surface area (Å²) >= 11 is 0. The Labute approximate surface area is 123 Å². The number of rotatable bonds is 3. The van der Waals surface area contributed by atoms with Crippen molar-refractivity contribution in [2.75, 3.05) is 24.7 Å². The summed E-state index contributed by atoms with van der Waals surface area (Å²) in [5.41, 5.74) is 1.93. The summed E-state index contributed by atoms with van der Waals surface area (Å²) in [6.07, 6.45) is 0. The Balaban J connectivity index is 2.03. The lowest BCUT2D eigenvalue weighted by Gasteiger charge is -2.04. The van der Waals surface area contributed by atoms with Crippen molar-refractivity contribution in [2.24, 2.45) is 0 Å². The van der Waals surface area contributed by atoms with Gasteiger partial charge in [-0.3, -0.25) is 9.37 Å². The van der Waals surface area contributed by atoms with Gasteiger partial charge in [-0.05, 0) is 31.2 Å². The van der Waals surface area contributed by atoms with E-state index in [1.165, 1.54) is 0 Å². The fraction of sp³-hybridized carbons (Fsp3) is 0.267. The first-order valence-corrected chi connectivity index (χ1v) is 6.58.